The number of nitrogens with two attached hydrogens (primary N) is 1. The van der Waals surface area contributed by atoms with Gasteiger partial charge in [0.05, 0.1) is 0 Å². The fraction of sp³-hybridized carbons (Fsp3) is 0.500. The summed E-state index contributed by atoms with van der Waals surface area (Å²) < 4.78 is 0. The standard InChI is InChI=1S/C14H22N2O/c1-11-6-4-5-7-12(11)10-16-13(17)14(2,3)8-9-15/h4-7H,8-10,15H2,1-3H3,(H,16,17). The Bertz CT molecular complexity index is 386. The molecule has 3 nitrogen and oxygen atoms in total. The first-order chi connectivity index (χ1) is 7.97. The highest BCUT2D eigenvalue weighted by Crippen LogP contribution is 2.19. The molecule has 3 N–H and O–H groups in total. The molecule has 0 spiro atoms. The Hall–Kier alpha value is -1.35. The summed E-state index contributed by atoms with van der Waals surface area (Å²) in [4.78, 5) is 12.0. The second kappa shape index (κ2) is 5.82. The third-order valence-electron chi connectivity index (χ3n) is 3.08. The molecule has 1 aromatic carbocycles. The Labute approximate surface area is 103 Å². The van der Waals surface area contributed by atoms with Gasteiger partial charge >= 0.3 is 0 Å². The minimum absolute atomic E-state index is 0.0613. The molecule has 0 heterocycles. The summed E-state index contributed by atoms with van der Waals surface area (Å²) in [5.74, 6) is 0.0613. The molecule has 17 heavy (non-hydrogen) atoms. The van der Waals surface area contributed by atoms with Crippen LogP contribution in [0, 0.1) is 12.3 Å². The lowest BCUT2D eigenvalue weighted by Gasteiger charge is -2.23. The molecule has 0 saturated heterocycles. The molecule has 0 bridgehead atoms. The zero-order valence-corrected chi connectivity index (χ0v) is 10.9. The lowest BCUT2D eigenvalue weighted by atomic mass is 9.88. The number of benzene rings is 1. The average molecular weight is 234 g/mol. The van der Waals surface area contributed by atoms with Crippen LogP contribution in [0.3, 0.4) is 0 Å². The summed E-state index contributed by atoms with van der Waals surface area (Å²) in [5.41, 5.74) is 7.47. The van der Waals surface area contributed by atoms with Crippen LogP contribution in [0.25, 0.3) is 0 Å². The summed E-state index contributed by atoms with van der Waals surface area (Å²) in [6.45, 7) is 7.01. The van der Waals surface area contributed by atoms with Gasteiger partial charge in [0.1, 0.15) is 0 Å². The number of nitrogens with one attached hydrogen (secondary N) is 1. The third kappa shape index (κ3) is 3.86. The highest BCUT2D eigenvalue weighted by atomic mass is 16.2. The Morgan fingerprint density at radius 3 is 2.59 bits per heavy atom. The zero-order valence-electron chi connectivity index (χ0n) is 10.9. The summed E-state index contributed by atoms with van der Waals surface area (Å²) in [7, 11) is 0. The highest BCUT2D eigenvalue weighted by Gasteiger charge is 2.26. The first-order valence-electron chi connectivity index (χ1n) is 6.00. The number of amides is 1. The van der Waals surface area contributed by atoms with Gasteiger partial charge in [-0.1, -0.05) is 38.1 Å². The first kappa shape index (κ1) is 13.7. The van der Waals surface area contributed by atoms with E-state index in [9.17, 15) is 4.79 Å². The van der Waals surface area contributed by atoms with Crippen molar-refractivity contribution in [2.45, 2.75) is 33.7 Å². The predicted molar refractivity (Wildman–Crippen MR) is 70.5 cm³/mol. The van der Waals surface area contributed by atoms with E-state index in [-0.39, 0.29) is 5.91 Å². The largest absolute Gasteiger partial charge is 0.352 e. The Balaban J connectivity index is 2.57. The van der Waals surface area contributed by atoms with Crippen molar-refractivity contribution in [2.24, 2.45) is 11.1 Å². The van der Waals surface area contributed by atoms with Crippen LogP contribution in [-0.2, 0) is 11.3 Å². The molecule has 0 aliphatic carbocycles. The number of rotatable bonds is 5. The van der Waals surface area contributed by atoms with Crippen LogP contribution in [0.15, 0.2) is 24.3 Å². The van der Waals surface area contributed by atoms with Gasteiger partial charge in [0.25, 0.3) is 0 Å². The van der Waals surface area contributed by atoms with Crippen molar-refractivity contribution in [3.8, 4) is 0 Å². The fourth-order valence-electron chi connectivity index (χ4n) is 1.70. The molecule has 3 heteroatoms. The molecule has 0 aliphatic rings. The minimum atomic E-state index is -0.391. The number of hydrogen-bond acceptors (Lipinski definition) is 2. The molecule has 0 radical (unpaired) electrons. The van der Waals surface area contributed by atoms with Crippen LogP contribution in [0.2, 0.25) is 0 Å². The molecule has 0 fully saturated rings. The maximum absolute atomic E-state index is 12.0. The summed E-state index contributed by atoms with van der Waals surface area (Å²) in [6, 6.07) is 8.07. The SMILES string of the molecule is Cc1ccccc1CNC(=O)C(C)(C)CCN. The predicted octanol–water partition coefficient (Wildman–Crippen LogP) is 1.99. The van der Waals surface area contributed by atoms with Crippen molar-refractivity contribution in [2.75, 3.05) is 6.54 Å². The molecule has 0 saturated carbocycles. The minimum Gasteiger partial charge on any atom is -0.352 e. The normalized spacial score (nSPS) is 11.3. The Kier molecular flexibility index (Phi) is 4.70. The summed E-state index contributed by atoms with van der Waals surface area (Å²) >= 11 is 0. The highest BCUT2D eigenvalue weighted by molar-refractivity contribution is 5.81. The third-order valence-corrected chi connectivity index (χ3v) is 3.08. The van der Waals surface area contributed by atoms with Crippen molar-refractivity contribution in [1.29, 1.82) is 0 Å². The summed E-state index contributed by atoms with van der Waals surface area (Å²) in [5, 5.41) is 2.97. The van der Waals surface area contributed by atoms with E-state index < -0.39 is 5.41 Å². The van der Waals surface area contributed by atoms with Crippen molar-refractivity contribution in [3.05, 3.63) is 35.4 Å². The van der Waals surface area contributed by atoms with Crippen molar-refractivity contribution < 1.29 is 4.79 Å². The van der Waals surface area contributed by atoms with E-state index >= 15 is 0 Å². The van der Waals surface area contributed by atoms with E-state index in [4.69, 9.17) is 5.73 Å². The summed E-state index contributed by atoms with van der Waals surface area (Å²) in [6.07, 6.45) is 0.701. The molecule has 0 atom stereocenters. The molecular weight excluding hydrogens is 212 g/mol. The van der Waals surface area contributed by atoms with E-state index in [0.29, 0.717) is 19.5 Å². The molecule has 1 amide bonds. The van der Waals surface area contributed by atoms with Gasteiger partial charge in [-0.05, 0) is 31.0 Å². The monoisotopic (exact) mass is 234 g/mol. The van der Waals surface area contributed by atoms with Crippen LogP contribution < -0.4 is 11.1 Å². The van der Waals surface area contributed by atoms with Gasteiger partial charge in [-0.25, -0.2) is 0 Å². The van der Waals surface area contributed by atoms with Crippen LogP contribution in [0.1, 0.15) is 31.4 Å². The van der Waals surface area contributed by atoms with Crippen LogP contribution in [-0.4, -0.2) is 12.5 Å². The van der Waals surface area contributed by atoms with Crippen molar-refractivity contribution in [1.82, 2.24) is 5.32 Å². The van der Waals surface area contributed by atoms with Gasteiger partial charge in [-0.2, -0.15) is 0 Å². The van der Waals surface area contributed by atoms with E-state index in [1.165, 1.54) is 5.56 Å². The van der Waals surface area contributed by atoms with Gasteiger partial charge in [0.15, 0.2) is 0 Å². The lowest BCUT2D eigenvalue weighted by Crippen LogP contribution is -2.37. The Morgan fingerprint density at radius 1 is 1.35 bits per heavy atom. The van der Waals surface area contributed by atoms with Gasteiger partial charge in [-0.15, -0.1) is 0 Å². The van der Waals surface area contributed by atoms with Gasteiger partial charge in [0, 0.05) is 12.0 Å². The number of hydrogen-bond donors (Lipinski definition) is 2. The van der Waals surface area contributed by atoms with Crippen LogP contribution in [0.4, 0.5) is 0 Å². The molecule has 0 unspecified atom stereocenters. The maximum atomic E-state index is 12.0. The van der Waals surface area contributed by atoms with E-state index in [1.807, 2.05) is 45.0 Å². The second-order valence-electron chi connectivity index (χ2n) is 5.03. The van der Waals surface area contributed by atoms with Crippen molar-refractivity contribution >= 4 is 5.91 Å². The Morgan fingerprint density at radius 2 is 2.00 bits per heavy atom. The number of carbonyl (C=O) groups is 1. The molecule has 1 aromatic rings. The topological polar surface area (TPSA) is 55.1 Å². The average Bonchev–Trinajstić information content (AvgIpc) is 2.27. The quantitative estimate of drug-likeness (QED) is 0.818. The van der Waals surface area contributed by atoms with Gasteiger partial charge in [0.2, 0.25) is 5.91 Å². The van der Waals surface area contributed by atoms with E-state index in [2.05, 4.69) is 5.32 Å². The van der Waals surface area contributed by atoms with Gasteiger partial charge in [-0.3, -0.25) is 4.79 Å². The first-order valence-corrected chi connectivity index (χ1v) is 6.00. The number of aryl methyl sites for hydroxylation is 1. The van der Waals surface area contributed by atoms with E-state index in [0.717, 1.165) is 5.56 Å². The molecule has 1 rings (SSSR count). The fourth-order valence-corrected chi connectivity index (χ4v) is 1.70. The molecular formula is C14H22N2O. The molecule has 94 valence electrons. The molecule has 0 aliphatic heterocycles. The maximum Gasteiger partial charge on any atom is 0.225 e. The van der Waals surface area contributed by atoms with Crippen molar-refractivity contribution in [3.63, 3.8) is 0 Å². The van der Waals surface area contributed by atoms with Crippen LogP contribution in [0.5, 0.6) is 0 Å². The number of carbonyl (C=O) groups excluding carboxylic acids is 1. The van der Waals surface area contributed by atoms with E-state index in [1.54, 1.807) is 0 Å². The lowest BCUT2D eigenvalue weighted by molar-refractivity contribution is -0.129. The smallest absolute Gasteiger partial charge is 0.225 e. The second-order valence-corrected chi connectivity index (χ2v) is 5.03. The molecule has 0 aromatic heterocycles. The van der Waals surface area contributed by atoms with Crippen LogP contribution >= 0.6 is 0 Å². The van der Waals surface area contributed by atoms with Gasteiger partial charge < -0.3 is 11.1 Å². The zero-order chi connectivity index (χ0) is 12.9.